The second kappa shape index (κ2) is 3.32. The molecule has 2 heterocycles. The van der Waals surface area contributed by atoms with E-state index in [-0.39, 0.29) is 0 Å². The van der Waals surface area contributed by atoms with Gasteiger partial charge in [0.1, 0.15) is 6.26 Å². The van der Waals surface area contributed by atoms with Crippen molar-refractivity contribution in [2.45, 2.75) is 6.29 Å². The van der Waals surface area contributed by atoms with Crippen molar-refractivity contribution < 1.29 is 19.2 Å². The predicted octanol–water partition coefficient (Wildman–Crippen LogP) is 1.23. The second-order valence-electron chi connectivity index (χ2n) is 2.25. The first-order valence-electron chi connectivity index (χ1n) is 3.59. The Balaban J connectivity index is 2.03. The fourth-order valence-electron chi connectivity index (χ4n) is 0.893. The minimum atomic E-state index is -0.486. The largest absolute Gasteiger partial charge is 0.465 e. The van der Waals surface area contributed by atoms with Crippen LogP contribution in [0.4, 0.5) is 0 Å². The molecule has 0 aromatic carbocycles. The maximum Gasteiger partial charge on any atom is 0.263 e. The summed E-state index contributed by atoms with van der Waals surface area (Å²) >= 11 is 0. The molecule has 0 aromatic rings. The highest BCUT2D eigenvalue weighted by Gasteiger charge is 2.20. The maximum absolute atomic E-state index is 5.20. The van der Waals surface area contributed by atoms with Crippen LogP contribution in [0.25, 0.3) is 0 Å². The minimum absolute atomic E-state index is 0.486. The molecule has 2 rings (SSSR count). The van der Waals surface area contributed by atoms with Gasteiger partial charge in [-0.05, 0) is 18.2 Å². The lowest BCUT2D eigenvalue weighted by atomic mass is 10.4. The molecule has 0 bridgehead atoms. The van der Waals surface area contributed by atoms with Crippen LogP contribution in [0.15, 0.2) is 36.5 Å². The zero-order chi connectivity index (χ0) is 8.23. The van der Waals surface area contributed by atoms with Gasteiger partial charge in [-0.3, -0.25) is 9.78 Å². The van der Waals surface area contributed by atoms with Gasteiger partial charge in [-0.15, -0.1) is 0 Å². The number of hydrogen-bond donors (Lipinski definition) is 0. The fourth-order valence-corrected chi connectivity index (χ4v) is 0.893. The van der Waals surface area contributed by atoms with Gasteiger partial charge < -0.3 is 9.47 Å². The fraction of sp³-hybridized carbons (Fsp3) is 0.250. The van der Waals surface area contributed by atoms with E-state index in [1.54, 1.807) is 24.5 Å². The Bertz CT molecular complexity index is 241. The summed E-state index contributed by atoms with van der Waals surface area (Å²) in [5.74, 6) is 0.516. The molecule has 0 aliphatic carbocycles. The zero-order valence-corrected chi connectivity index (χ0v) is 6.30. The highest BCUT2D eigenvalue weighted by atomic mass is 17.2. The van der Waals surface area contributed by atoms with E-state index in [1.807, 2.05) is 0 Å². The summed E-state index contributed by atoms with van der Waals surface area (Å²) in [6, 6.07) is 0. The van der Waals surface area contributed by atoms with Gasteiger partial charge in [-0.25, -0.2) is 0 Å². The maximum atomic E-state index is 5.20. The normalized spacial score (nSPS) is 26.7. The zero-order valence-electron chi connectivity index (χ0n) is 6.30. The van der Waals surface area contributed by atoms with Gasteiger partial charge in [0.25, 0.3) is 6.29 Å². The molecular weight excluding hydrogens is 160 g/mol. The van der Waals surface area contributed by atoms with Crippen LogP contribution >= 0.6 is 0 Å². The third-order valence-corrected chi connectivity index (χ3v) is 1.41. The van der Waals surface area contributed by atoms with Crippen LogP contribution in [0.2, 0.25) is 0 Å². The van der Waals surface area contributed by atoms with E-state index in [0.717, 1.165) is 0 Å². The van der Waals surface area contributed by atoms with Crippen LogP contribution in [-0.4, -0.2) is 12.9 Å². The van der Waals surface area contributed by atoms with Crippen LogP contribution in [-0.2, 0) is 19.2 Å². The quantitative estimate of drug-likeness (QED) is 0.552. The SMILES string of the molecule is C1=COOC(C2OC=CCO2)=C1. The first kappa shape index (κ1) is 7.24. The Labute approximate surface area is 69.6 Å². The Morgan fingerprint density at radius 3 is 3.00 bits per heavy atom. The number of ether oxygens (including phenoxy) is 2. The summed E-state index contributed by atoms with van der Waals surface area (Å²) in [5.41, 5.74) is 0. The highest BCUT2D eigenvalue weighted by Crippen LogP contribution is 2.16. The summed E-state index contributed by atoms with van der Waals surface area (Å²) in [7, 11) is 0. The molecule has 1 unspecified atom stereocenters. The molecule has 1 atom stereocenters. The molecule has 0 amide bonds. The molecule has 2 aliphatic rings. The van der Waals surface area contributed by atoms with E-state index in [0.29, 0.717) is 12.4 Å². The summed E-state index contributed by atoms with van der Waals surface area (Å²) < 4.78 is 10.3. The van der Waals surface area contributed by atoms with E-state index < -0.39 is 6.29 Å². The molecule has 4 nitrogen and oxygen atoms in total. The average molecular weight is 168 g/mol. The van der Waals surface area contributed by atoms with Crippen molar-refractivity contribution in [3.63, 3.8) is 0 Å². The van der Waals surface area contributed by atoms with E-state index in [2.05, 4.69) is 4.89 Å². The van der Waals surface area contributed by atoms with Gasteiger partial charge in [0.15, 0.2) is 0 Å². The molecule has 0 saturated carbocycles. The van der Waals surface area contributed by atoms with Gasteiger partial charge in [0.2, 0.25) is 5.76 Å². The lowest BCUT2D eigenvalue weighted by molar-refractivity contribution is -0.251. The van der Waals surface area contributed by atoms with Gasteiger partial charge in [0, 0.05) is 0 Å². The monoisotopic (exact) mass is 168 g/mol. The van der Waals surface area contributed by atoms with E-state index >= 15 is 0 Å². The highest BCUT2D eigenvalue weighted by molar-refractivity contribution is 5.10. The minimum Gasteiger partial charge on any atom is -0.465 e. The van der Waals surface area contributed by atoms with Gasteiger partial charge in [-0.1, -0.05) is 0 Å². The van der Waals surface area contributed by atoms with Crippen LogP contribution in [0.1, 0.15) is 0 Å². The van der Waals surface area contributed by atoms with Crippen LogP contribution in [0, 0.1) is 0 Å². The standard InChI is InChI=1S/C8H8O4/c1-3-7(12-11-6-1)8-9-4-2-5-10-8/h1-4,6,8H,5H2. The molecule has 0 fully saturated rings. The van der Waals surface area contributed by atoms with Crippen molar-refractivity contribution in [3.05, 3.63) is 36.5 Å². The Kier molecular flexibility index (Phi) is 2.00. The van der Waals surface area contributed by atoms with Gasteiger partial charge >= 0.3 is 0 Å². The summed E-state index contributed by atoms with van der Waals surface area (Å²) in [6.45, 7) is 0.523. The molecule has 0 N–H and O–H groups in total. The molecule has 4 heteroatoms. The first-order valence-corrected chi connectivity index (χ1v) is 3.59. The molecule has 0 spiro atoms. The van der Waals surface area contributed by atoms with Crippen molar-refractivity contribution in [1.82, 2.24) is 0 Å². The molecular formula is C8H8O4. The van der Waals surface area contributed by atoms with Crippen molar-refractivity contribution >= 4 is 0 Å². The average Bonchev–Trinajstić information content (AvgIpc) is 2.21. The van der Waals surface area contributed by atoms with Crippen molar-refractivity contribution in [1.29, 1.82) is 0 Å². The van der Waals surface area contributed by atoms with Crippen molar-refractivity contribution in [2.75, 3.05) is 6.61 Å². The Morgan fingerprint density at radius 1 is 1.33 bits per heavy atom. The van der Waals surface area contributed by atoms with Crippen LogP contribution < -0.4 is 0 Å². The van der Waals surface area contributed by atoms with E-state index in [4.69, 9.17) is 14.4 Å². The summed E-state index contributed by atoms with van der Waals surface area (Å²) in [4.78, 5) is 9.41. The number of allylic oxidation sites excluding steroid dienone is 2. The number of rotatable bonds is 1. The predicted molar refractivity (Wildman–Crippen MR) is 39.4 cm³/mol. The molecule has 0 radical (unpaired) electrons. The van der Waals surface area contributed by atoms with Gasteiger partial charge in [-0.2, -0.15) is 0 Å². The van der Waals surface area contributed by atoms with E-state index in [9.17, 15) is 0 Å². The third-order valence-electron chi connectivity index (χ3n) is 1.41. The smallest absolute Gasteiger partial charge is 0.263 e. The van der Waals surface area contributed by atoms with Gasteiger partial charge in [0.05, 0.1) is 12.9 Å². The molecule has 2 aliphatic heterocycles. The van der Waals surface area contributed by atoms with Crippen LogP contribution in [0.3, 0.4) is 0 Å². The van der Waals surface area contributed by atoms with E-state index in [1.165, 1.54) is 6.26 Å². The number of hydrogen-bond acceptors (Lipinski definition) is 4. The van der Waals surface area contributed by atoms with Crippen molar-refractivity contribution in [2.24, 2.45) is 0 Å². The topological polar surface area (TPSA) is 36.9 Å². The molecule has 12 heavy (non-hydrogen) atoms. The Morgan fingerprint density at radius 2 is 2.33 bits per heavy atom. The lowest BCUT2D eigenvalue weighted by Gasteiger charge is -2.21. The second-order valence-corrected chi connectivity index (χ2v) is 2.25. The molecule has 0 saturated heterocycles. The summed E-state index contributed by atoms with van der Waals surface area (Å²) in [5, 5.41) is 0. The van der Waals surface area contributed by atoms with Crippen molar-refractivity contribution in [3.8, 4) is 0 Å². The first-order chi connectivity index (χ1) is 5.97. The summed E-state index contributed by atoms with van der Waals surface area (Å²) in [6.07, 6.45) is 7.74. The Hall–Kier alpha value is -1.42. The lowest BCUT2D eigenvalue weighted by Crippen LogP contribution is -2.22. The third kappa shape index (κ3) is 1.43. The molecule has 64 valence electrons. The molecule has 0 aromatic heterocycles. The van der Waals surface area contributed by atoms with Crippen LogP contribution in [0.5, 0.6) is 0 Å².